The summed E-state index contributed by atoms with van der Waals surface area (Å²) in [5, 5.41) is 3.55. The maximum atomic E-state index is 11.6. The van der Waals surface area contributed by atoms with Crippen LogP contribution in [0.3, 0.4) is 0 Å². The standard InChI is InChI=1S/C14H18ClNO4/c1-3-20-13(17)5-4-8-16-12-7-6-10(15)9-11(12)14(18)19-2/h6-7,9,16H,3-5,8H2,1-2H3. The lowest BCUT2D eigenvalue weighted by Gasteiger charge is -2.11. The van der Waals surface area contributed by atoms with Crippen LogP contribution in [0.1, 0.15) is 30.1 Å². The van der Waals surface area contributed by atoms with Crippen molar-refractivity contribution in [3.8, 4) is 0 Å². The SMILES string of the molecule is CCOC(=O)CCCNc1ccc(Cl)cc1C(=O)OC. The smallest absolute Gasteiger partial charge is 0.340 e. The zero-order valence-electron chi connectivity index (χ0n) is 11.6. The van der Waals surface area contributed by atoms with E-state index < -0.39 is 5.97 Å². The second kappa shape index (κ2) is 8.43. The molecular weight excluding hydrogens is 282 g/mol. The van der Waals surface area contributed by atoms with E-state index in [-0.39, 0.29) is 5.97 Å². The van der Waals surface area contributed by atoms with Gasteiger partial charge in [-0.3, -0.25) is 4.79 Å². The third-order valence-corrected chi connectivity index (χ3v) is 2.80. The van der Waals surface area contributed by atoms with Crippen LogP contribution in [0.4, 0.5) is 5.69 Å². The summed E-state index contributed by atoms with van der Waals surface area (Å²) in [6.07, 6.45) is 0.948. The van der Waals surface area contributed by atoms with Gasteiger partial charge in [-0.25, -0.2) is 4.79 Å². The largest absolute Gasteiger partial charge is 0.466 e. The predicted octanol–water partition coefficient (Wildman–Crippen LogP) is 2.88. The van der Waals surface area contributed by atoms with Gasteiger partial charge in [0.05, 0.1) is 19.3 Å². The maximum Gasteiger partial charge on any atom is 0.340 e. The normalized spacial score (nSPS) is 9.95. The van der Waals surface area contributed by atoms with Crippen molar-refractivity contribution in [3.63, 3.8) is 0 Å². The van der Waals surface area contributed by atoms with E-state index in [1.165, 1.54) is 7.11 Å². The van der Waals surface area contributed by atoms with Gasteiger partial charge in [0, 0.05) is 23.7 Å². The summed E-state index contributed by atoms with van der Waals surface area (Å²) in [5.74, 6) is -0.681. The van der Waals surface area contributed by atoms with Crippen molar-refractivity contribution in [1.82, 2.24) is 0 Å². The predicted molar refractivity (Wildman–Crippen MR) is 77.1 cm³/mol. The minimum absolute atomic E-state index is 0.224. The van der Waals surface area contributed by atoms with Gasteiger partial charge in [0.2, 0.25) is 0 Å². The van der Waals surface area contributed by atoms with Crippen molar-refractivity contribution in [2.75, 3.05) is 25.6 Å². The summed E-state index contributed by atoms with van der Waals surface area (Å²) in [5.41, 5.74) is 1.00. The molecule has 0 aromatic heterocycles. The highest BCUT2D eigenvalue weighted by atomic mass is 35.5. The molecular formula is C14H18ClNO4. The quantitative estimate of drug-likeness (QED) is 0.619. The Morgan fingerprint density at radius 3 is 2.75 bits per heavy atom. The van der Waals surface area contributed by atoms with E-state index in [0.29, 0.717) is 42.3 Å². The lowest BCUT2D eigenvalue weighted by Crippen LogP contribution is -2.11. The Kier molecular flexibility index (Phi) is 6.87. The number of esters is 2. The number of halogens is 1. The van der Waals surface area contributed by atoms with Crippen molar-refractivity contribution in [2.24, 2.45) is 0 Å². The molecule has 0 radical (unpaired) electrons. The van der Waals surface area contributed by atoms with Gasteiger partial charge in [-0.1, -0.05) is 11.6 Å². The molecule has 0 saturated carbocycles. The van der Waals surface area contributed by atoms with Crippen LogP contribution in [0.2, 0.25) is 5.02 Å². The molecule has 0 unspecified atom stereocenters. The monoisotopic (exact) mass is 299 g/mol. The second-order valence-electron chi connectivity index (χ2n) is 4.02. The lowest BCUT2D eigenvalue weighted by molar-refractivity contribution is -0.143. The highest BCUT2D eigenvalue weighted by Gasteiger charge is 2.12. The number of anilines is 1. The molecule has 20 heavy (non-hydrogen) atoms. The molecule has 0 atom stereocenters. The molecule has 5 nitrogen and oxygen atoms in total. The van der Waals surface area contributed by atoms with Gasteiger partial charge in [0.1, 0.15) is 0 Å². The van der Waals surface area contributed by atoms with Gasteiger partial charge < -0.3 is 14.8 Å². The molecule has 1 rings (SSSR count). The molecule has 0 heterocycles. The van der Waals surface area contributed by atoms with Crippen LogP contribution >= 0.6 is 11.6 Å². The highest BCUT2D eigenvalue weighted by Crippen LogP contribution is 2.21. The van der Waals surface area contributed by atoms with E-state index in [9.17, 15) is 9.59 Å². The number of nitrogens with one attached hydrogen (secondary N) is 1. The fraction of sp³-hybridized carbons (Fsp3) is 0.429. The fourth-order valence-electron chi connectivity index (χ4n) is 1.64. The summed E-state index contributed by atoms with van der Waals surface area (Å²) < 4.78 is 9.53. The molecule has 0 aliphatic heterocycles. The first-order chi connectivity index (χ1) is 9.58. The first-order valence-electron chi connectivity index (χ1n) is 6.35. The number of benzene rings is 1. The lowest BCUT2D eigenvalue weighted by atomic mass is 10.1. The number of hydrogen-bond donors (Lipinski definition) is 1. The molecule has 0 aliphatic rings. The molecule has 0 bridgehead atoms. The Labute approximate surface area is 123 Å². The maximum absolute atomic E-state index is 11.6. The fourth-order valence-corrected chi connectivity index (χ4v) is 1.81. The molecule has 0 fully saturated rings. The Morgan fingerprint density at radius 2 is 2.10 bits per heavy atom. The van der Waals surface area contributed by atoms with Gasteiger partial charge in [-0.2, -0.15) is 0 Å². The van der Waals surface area contributed by atoms with E-state index in [1.807, 2.05) is 0 Å². The molecule has 110 valence electrons. The molecule has 6 heteroatoms. The van der Waals surface area contributed by atoms with E-state index in [4.69, 9.17) is 21.1 Å². The number of hydrogen-bond acceptors (Lipinski definition) is 5. The van der Waals surface area contributed by atoms with E-state index in [2.05, 4.69) is 5.32 Å². The van der Waals surface area contributed by atoms with Crippen LogP contribution in [0.15, 0.2) is 18.2 Å². The van der Waals surface area contributed by atoms with Crippen LogP contribution < -0.4 is 5.32 Å². The minimum atomic E-state index is -0.458. The zero-order chi connectivity index (χ0) is 15.0. The molecule has 0 amide bonds. The summed E-state index contributed by atoms with van der Waals surface area (Å²) in [7, 11) is 1.31. The van der Waals surface area contributed by atoms with Crippen molar-refractivity contribution >= 4 is 29.2 Å². The minimum Gasteiger partial charge on any atom is -0.466 e. The Bertz CT molecular complexity index is 476. The van der Waals surface area contributed by atoms with E-state index in [1.54, 1.807) is 25.1 Å². The van der Waals surface area contributed by atoms with Crippen LogP contribution in [0, 0.1) is 0 Å². The Balaban J connectivity index is 2.55. The summed E-state index contributed by atoms with van der Waals surface area (Å²) in [6.45, 7) is 2.70. The van der Waals surface area contributed by atoms with Crippen molar-refractivity contribution in [2.45, 2.75) is 19.8 Å². The van der Waals surface area contributed by atoms with Crippen molar-refractivity contribution in [3.05, 3.63) is 28.8 Å². The van der Waals surface area contributed by atoms with Gasteiger partial charge in [0.15, 0.2) is 0 Å². The first-order valence-corrected chi connectivity index (χ1v) is 6.73. The molecule has 0 spiro atoms. The third-order valence-electron chi connectivity index (χ3n) is 2.57. The highest BCUT2D eigenvalue weighted by molar-refractivity contribution is 6.31. The molecule has 0 aliphatic carbocycles. The van der Waals surface area contributed by atoms with E-state index >= 15 is 0 Å². The second-order valence-corrected chi connectivity index (χ2v) is 4.45. The van der Waals surface area contributed by atoms with Gasteiger partial charge >= 0.3 is 11.9 Å². The van der Waals surface area contributed by atoms with Crippen LogP contribution in [-0.2, 0) is 14.3 Å². The number of rotatable bonds is 7. The average Bonchev–Trinajstić information content (AvgIpc) is 2.44. The average molecular weight is 300 g/mol. The van der Waals surface area contributed by atoms with Gasteiger partial charge in [-0.05, 0) is 31.5 Å². The van der Waals surface area contributed by atoms with Crippen LogP contribution in [-0.4, -0.2) is 32.2 Å². The van der Waals surface area contributed by atoms with Gasteiger partial charge in [-0.15, -0.1) is 0 Å². The third kappa shape index (κ3) is 5.09. The van der Waals surface area contributed by atoms with E-state index in [0.717, 1.165) is 0 Å². The number of carbonyl (C=O) groups excluding carboxylic acids is 2. The first kappa shape index (κ1) is 16.3. The molecule has 0 saturated heterocycles. The number of ether oxygens (including phenoxy) is 2. The zero-order valence-corrected chi connectivity index (χ0v) is 12.3. The van der Waals surface area contributed by atoms with Gasteiger partial charge in [0.25, 0.3) is 0 Å². The topological polar surface area (TPSA) is 64.6 Å². The molecule has 1 aromatic carbocycles. The summed E-state index contributed by atoms with van der Waals surface area (Å²) in [6, 6.07) is 4.93. The van der Waals surface area contributed by atoms with Crippen molar-refractivity contribution in [1.29, 1.82) is 0 Å². The summed E-state index contributed by atoms with van der Waals surface area (Å²) >= 11 is 5.86. The summed E-state index contributed by atoms with van der Waals surface area (Å²) in [4.78, 5) is 22.8. The van der Waals surface area contributed by atoms with Crippen LogP contribution in [0.5, 0.6) is 0 Å². The molecule has 1 N–H and O–H groups in total. The number of carbonyl (C=O) groups is 2. The Hall–Kier alpha value is -1.75. The number of methoxy groups -OCH3 is 1. The molecule has 1 aromatic rings. The van der Waals surface area contributed by atoms with Crippen LogP contribution in [0.25, 0.3) is 0 Å². The van der Waals surface area contributed by atoms with Crippen molar-refractivity contribution < 1.29 is 19.1 Å². The Morgan fingerprint density at radius 1 is 1.35 bits per heavy atom.